The Morgan fingerprint density at radius 2 is 1.89 bits per heavy atom. The number of thioether (sulfide) groups is 1. The highest BCUT2D eigenvalue weighted by atomic mass is 32.2. The molecule has 1 saturated heterocycles. The molecule has 150 valence electrons. The van der Waals surface area contributed by atoms with Gasteiger partial charge in [-0.15, -0.1) is 10.2 Å². The van der Waals surface area contributed by atoms with Gasteiger partial charge in [-0.25, -0.2) is 0 Å². The van der Waals surface area contributed by atoms with Crippen molar-refractivity contribution < 1.29 is 4.79 Å². The summed E-state index contributed by atoms with van der Waals surface area (Å²) in [6, 6.07) is 10.5. The Bertz CT molecular complexity index is 800. The van der Waals surface area contributed by atoms with E-state index in [9.17, 15) is 4.79 Å². The third-order valence-corrected chi connectivity index (χ3v) is 7.17. The number of benzene rings is 1. The Morgan fingerprint density at radius 3 is 2.61 bits per heavy atom. The lowest BCUT2D eigenvalue weighted by Gasteiger charge is -2.31. The van der Waals surface area contributed by atoms with Gasteiger partial charge in [0.15, 0.2) is 11.0 Å². The van der Waals surface area contributed by atoms with Crippen molar-refractivity contribution in [3.8, 4) is 0 Å². The van der Waals surface area contributed by atoms with Gasteiger partial charge in [0, 0.05) is 13.6 Å². The summed E-state index contributed by atoms with van der Waals surface area (Å²) in [4.78, 5) is 15.9. The molecule has 6 heteroatoms. The van der Waals surface area contributed by atoms with Crippen molar-refractivity contribution in [3.05, 3.63) is 41.7 Å². The van der Waals surface area contributed by atoms with Crippen molar-refractivity contribution in [3.63, 3.8) is 0 Å². The van der Waals surface area contributed by atoms with Crippen molar-refractivity contribution in [1.82, 2.24) is 19.7 Å². The highest BCUT2D eigenvalue weighted by Gasteiger charge is 2.40. The molecule has 4 rings (SSSR count). The fourth-order valence-corrected chi connectivity index (χ4v) is 5.56. The average Bonchev–Trinajstić information content (AvgIpc) is 3.45. The third kappa shape index (κ3) is 3.71. The van der Waals surface area contributed by atoms with Gasteiger partial charge in [0.05, 0.1) is 12.0 Å². The van der Waals surface area contributed by atoms with E-state index in [0.717, 1.165) is 49.0 Å². The van der Waals surface area contributed by atoms with E-state index in [4.69, 9.17) is 0 Å². The number of carbonyl (C=O) groups is 1. The van der Waals surface area contributed by atoms with Crippen LogP contribution in [0, 0.1) is 5.92 Å². The molecule has 0 N–H and O–H groups in total. The number of likely N-dealkylation sites (tertiary alicyclic amines) is 1. The van der Waals surface area contributed by atoms with Crippen LogP contribution in [0.4, 0.5) is 0 Å². The maximum atomic E-state index is 13.8. The third-order valence-electron chi connectivity index (χ3n) is 6.27. The van der Waals surface area contributed by atoms with Gasteiger partial charge < -0.3 is 9.47 Å². The highest BCUT2D eigenvalue weighted by Crippen LogP contribution is 2.41. The molecule has 1 saturated carbocycles. The number of amides is 1. The molecule has 2 atom stereocenters. The molecule has 2 heterocycles. The molecule has 2 fully saturated rings. The summed E-state index contributed by atoms with van der Waals surface area (Å²) < 4.78 is 2.08. The summed E-state index contributed by atoms with van der Waals surface area (Å²) in [7, 11) is 2.03. The van der Waals surface area contributed by atoms with Crippen LogP contribution >= 0.6 is 11.8 Å². The van der Waals surface area contributed by atoms with Crippen molar-refractivity contribution >= 4 is 17.7 Å². The van der Waals surface area contributed by atoms with Crippen LogP contribution in [0.2, 0.25) is 0 Å². The van der Waals surface area contributed by atoms with Crippen molar-refractivity contribution in [2.45, 2.75) is 62.6 Å². The molecule has 1 aromatic heterocycles. The first kappa shape index (κ1) is 19.5. The molecule has 0 unspecified atom stereocenters. The predicted octanol–water partition coefficient (Wildman–Crippen LogP) is 4.56. The first-order valence-corrected chi connectivity index (χ1v) is 11.6. The number of aromatic nitrogens is 3. The summed E-state index contributed by atoms with van der Waals surface area (Å²) in [6.45, 7) is 2.94. The van der Waals surface area contributed by atoms with E-state index in [-0.39, 0.29) is 17.9 Å². The average molecular weight is 399 g/mol. The molecule has 0 spiro atoms. The van der Waals surface area contributed by atoms with Crippen LogP contribution in [0.25, 0.3) is 0 Å². The lowest BCUT2D eigenvalue weighted by Crippen LogP contribution is -2.38. The van der Waals surface area contributed by atoms with Gasteiger partial charge in [-0.3, -0.25) is 4.79 Å². The second-order valence-corrected chi connectivity index (χ2v) is 9.19. The lowest BCUT2D eigenvalue weighted by atomic mass is 9.83. The van der Waals surface area contributed by atoms with Crippen LogP contribution in [-0.4, -0.2) is 37.9 Å². The maximum Gasteiger partial charge on any atom is 0.231 e. The van der Waals surface area contributed by atoms with Crippen LogP contribution in [0.1, 0.15) is 68.8 Å². The fourth-order valence-electron chi connectivity index (χ4n) is 4.92. The van der Waals surface area contributed by atoms with E-state index < -0.39 is 0 Å². The molecule has 2 aliphatic rings. The number of rotatable bonds is 6. The molecule has 28 heavy (non-hydrogen) atoms. The number of hydrogen-bond acceptors (Lipinski definition) is 4. The molecule has 5 nitrogen and oxygen atoms in total. The molecule has 0 bridgehead atoms. The Kier molecular flexibility index (Phi) is 6.04. The summed E-state index contributed by atoms with van der Waals surface area (Å²) in [5, 5.41) is 9.78. The van der Waals surface area contributed by atoms with Gasteiger partial charge >= 0.3 is 0 Å². The summed E-state index contributed by atoms with van der Waals surface area (Å²) in [5.74, 6) is 2.62. The van der Waals surface area contributed by atoms with E-state index in [1.807, 2.05) is 13.1 Å². The van der Waals surface area contributed by atoms with Crippen molar-refractivity contribution in [2.24, 2.45) is 13.0 Å². The van der Waals surface area contributed by atoms with Crippen LogP contribution in [0.15, 0.2) is 35.5 Å². The topological polar surface area (TPSA) is 51.0 Å². The minimum atomic E-state index is -0.0259. The SMILES string of the molecule is CCSc1nnc([C@H]2CCCN2C(=O)[C@H](c2ccccc2)C2CCCC2)n1C. The van der Waals surface area contributed by atoms with E-state index in [1.54, 1.807) is 11.8 Å². The van der Waals surface area contributed by atoms with E-state index in [2.05, 4.69) is 50.9 Å². The van der Waals surface area contributed by atoms with E-state index in [0.29, 0.717) is 5.92 Å². The first-order valence-electron chi connectivity index (χ1n) is 10.6. The molecular formula is C22H30N4OS. The van der Waals surface area contributed by atoms with Crippen LogP contribution < -0.4 is 0 Å². The predicted molar refractivity (Wildman–Crippen MR) is 112 cm³/mol. The number of carbonyl (C=O) groups excluding carboxylic acids is 1. The normalized spacial score (nSPS) is 21.4. The molecule has 1 aliphatic carbocycles. The molecular weight excluding hydrogens is 368 g/mol. The number of hydrogen-bond donors (Lipinski definition) is 0. The smallest absolute Gasteiger partial charge is 0.231 e. The second-order valence-electron chi connectivity index (χ2n) is 7.96. The Morgan fingerprint density at radius 1 is 1.14 bits per heavy atom. The van der Waals surface area contributed by atoms with Crippen molar-refractivity contribution in [2.75, 3.05) is 12.3 Å². The number of nitrogens with zero attached hydrogens (tertiary/aromatic N) is 4. The Hall–Kier alpha value is -1.82. The molecule has 1 amide bonds. The van der Waals surface area contributed by atoms with Crippen molar-refractivity contribution in [1.29, 1.82) is 0 Å². The Labute approximate surface area is 171 Å². The Balaban J connectivity index is 1.62. The van der Waals surface area contributed by atoms with E-state index in [1.165, 1.54) is 18.4 Å². The summed E-state index contributed by atoms with van der Waals surface area (Å²) in [5.41, 5.74) is 1.17. The van der Waals surface area contributed by atoms with Gasteiger partial charge in [-0.05, 0) is 42.9 Å². The van der Waals surface area contributed by atoms with Gasteiger partial charge in [-0.2, -0.15) is 0 Å². The van der Waals surface area contributed by atoms with Gasteiger partial charge in [0.1, 0.15) is 0 Å². The minimum Gasteiger partial charge on any atom is -0.332 e. The van der Waals surface area contributed by atoms with Gasteiger partial charge in [0.2, 0.25) is 5.91 Å². The maximum absolute atomic E-state index is 13.8. The second kappa shape index (κ2) is 8.68. The summed E-state index contributed by atoms with van der Waals surface area (Å²) in [6.07, 6.45) is 6.81. The molecule has 1 aromatic carbocycles. The van der Waals surface area contributed by atoms with Gasteiger partial charge in [0.25, 0.3) is 0 Å². The van der Waals surface area contributed by atoms with Crippen LogP contribution in [-0.2, 0) is 11.8 Å². The zero-order valence-corrected chi connectivity index (χ0v) is 17.7. The fraction of sp³-hybridized carbons (Fsp3) is 0.591. The molecule has 1 aliphatic heterocycles. The first-order chi connectivity index (χ1) is 13.7. The molecule has 2 aromatic rings. The van der Waals surface area contributed by atoms with Crippen LogP contribution in [0.5, 0.6) is 0 Å². The monoisotopic (exact) mass is 398 g/mol. The zero-order valence-electron chi connectivity index (χ0n) is 16.9. The standard InChI is InChI=1S/C22H30N4OS/c1-3-28-22-24-23-20(25(22)2)18-14-9-15-26(18)21(27)19(17-12-7-8-13-17)16-10-5-4-6-11-16/h4-6,10-11,17-19H,3,7-9,12-15H2,1-2H3/t18-,19-/m1/s1. The highest BCUT2D eigenvalue weighted by molar-refractivity contribution is 7.99. The van der Waals surface area contributed by atoms with Crippen LogP contribution in [0.3, 0.4) is 0 Å². The molecule has 0 radical (unpaired) electrons. The van der Waals surface area contributed by atoms with E-state index >= 15 is 0 Å². The van der Waals surface area contributed by atoms with Gasteiger partial charge in [-0.1, -0.05) is 61.9 Å². The lowest BCUT2D eigenvalue weighted by molar-refractivity contribution is -0.135. The zero-order chi connectivity index (χ0) is 19.5. The minimum absolute atomic E-state index is 0.0259. The quantitative estimate of drug-likeness (QED) is 0.669. The summed E-state index contributed by atoms with van der Waals surface area (Å²) >= 11 is 1.70. The largest absolute Gasteiger partial charge is 0.332 e.